The van der Waals surface area contributed by atoms with E-state index in [4.69, 9.17) is 5.73 Å². The van der Waals surface area contributed by atoms with Crippen LogP contribution in [-0.4, -0.2) is 4.57 Å². The Labute approximate surface area is 349 Å². The first kappa shape index (κ1) is 39.4. The molecule has 2 N–H and O–H groups in total. The Kier molecular flexibility index (Phi) is 10.8. The van der Waals surface area contributed by atoms with Crippen LogP contribution in [0.15, 0.2) is 162 Å². The van der Waals surface area contributed by atoms with Crippen molar-refractivity contribution < 1.29 is 4.39 Å². The van der Waals surface area contributed by atoms with Crippen LogP contribution >= 0.6 is 0 Å². The number of halogens is 1. The highest BCUT2D eigenvalue weighted by molar-refractivity contribution is 6.03. The molecule has 6 aromatic rings. The average Bonchev–Trinajstić information content (AvgIpc) is 3.61. The van der Waals surface area contributed by atoms with Gasteiger partial charge in [0.1, 0.15) is 5.82 Å². The number of aromatic nitrogens is 1. The Morgan fingerprint density at radius 2 is 1.37 bits per heavy atom. The van der Waals surface area contributed by atoms with Crippen molar-refractivity contribution in [3.05, 3.63) is 201 Å². The minimum atomic E-state index is -0.239. The van der Waals surface area contributed by atoms with Crippen LogP contribution in [0.5, 0.6) is 0 Å². The number of hydrogen-bond donors (Lipinski definition) is 1. The van der Waals surface area contributed by atoms with E-state index in [0.717, 1.165) is 65.0 Å². The van der Waals surface area contributed by atoms with E-state index in [1.165, 1.54) is 84.5 Å². The van der Waals surface area contributed by atoms with E-state index in [1.807, 2.05) is 12.1 Å². The second-order valence-corrected chi connectivity index (χ2v) is 16.1. The van der Waals surface area contributed by atoms with Crippen LogP contribution in [0.25, 0.3) is 44.4 Å². The molecule has 5 aromatic carbocycles. The van der Waals surface area contributed by atoms with Gasteiger partial charge >= 0.3 is 0 Å². The molecule has 0 radical (unpaired) electrons. The maximum absolute atomic E-state index is 13.8. The van der Waals surface area contributed by atoms with Crippen molar-refractivity contribution in [2.75, 3.05) is 4.90 Å². The Bertz CT molecular complexity index is 2760. The van der Waals surface area contributed by atoms with Crippen molar-refractivity contribution in [3.63, 3.8) is 0 Å². The normalized spacial score (nSPS) is 14.6. The van der Waals surface area contributed by atoms with Crippen molar-refractivity contribution >= 4 is 27.9 Å². The number of nitrogens with zero attached hydrogens (tertiary/aromatic N) is 2. The summed E-state index contributed by atoms with van der Waals surface area (Å²) in [5.74, 6) is -0.239. The molecule has 2 aliphatic rings. The third kappa shape index (κ3) is 7.01. The number of hydrogen-bond acceptors (Lipinski definition) is 2. The third-order valence-corrected chi connectivity index (χ3v) is 12.9. The van der Waals surface area contributed by atoms with Crippen LogP contribution in [0, 0.1) is 33.5 Å². The first-order chi connectivity index (χ1) is 28.5. The highest BCUT2D eigenvalue weighted by atomic mass is 19.1. The number of allylic oxidation sites excluding steroid dienone is 10. The molecular formula is C55H54FN3. The molecule has 0 spiro atoms. The monoisotopic (exact) mass is 775 g/mol. The topological polar surface area (TPSA) is 34.2 Å². The lowest BCUT2D eigenvalue weighted by Crippen LogP contribution is -2.20. The van der Waals surface area contributed by atoms with E-state index in [-0.39, 0.29) is 5.82 Å². The summed E-state index contributed by atoms with van der Waals surface area (Å²) in [6, 6.07) is 33.3. The molecule has 0 saturated carbocycles. The number of anilines is 2. The van der Waals surface area contributed by atoms with Gasteiger partial charge in [0.05, 0.1) is 11.2 Å². The lowest BCUT2D eigenvalue weighted by atomic mass is 9.84. The quantitative estimate of drug-likeness (QED) is 0.148. The molecule has 1 aromatic heterocycles. The number of fused-ring (bicyclic) bond motifs is 3. The molecule has 0 amide bonds. The second kappa shape index (κ2) is 16.1. The van der Waals surface area contributed by atoms with Gasteiger partial charge in [-0.25, -0.2) is 4.39 Å². The summed E-state index contributed by atoms with van der Waals surface area (Å²) < 4.78 is 16.3. The molecule has 2 aliphatic carbocycles. The lowest BCUT2D eigenvalue weighted by Gasteiger charge is -2.33. The minimum absolute atomic E-state index is 0.239. The van der Waals surface area contributed by atoms with Gasteiger partial charge in [-0.1, -0.05) is 79.4 Å². The van der Waals surface area contributed by atoms with Gasteiger partial charge < -0.3 is 15.2 Å². The summed E-state index contributed by atoms with van der Waals surface area (Å²) in [5.41, 5.74) is 30.0. The summed E-state index contributed by atoms with van der Waals surface area (Å²) in [7, 11) is 0. The van der Waals surface area contributed by atoms with Crippen molar-refractivity contribution in [1.29, 1.82) is 0 Å². The molecule has 59 heavy (non-hydrogen) atoms. The molecule has 0 fully saturated rings. The van der Waals surface area contributed by atoms with Crippen molar-refractivity contribution in [1.82, 2.24) is 4.57 Å². The molecule has 4 heteroatoms. The fourth-order valence-electron chi connectivity index (χ4n) is 9.29. The van der Waals surface area contributed by atoms with Gasteiger partial charge in [-0.15, -0.1) is 0 Å². The first-order valence-electron chi connectivity index (χ1n) is 20.8. The molecule has 0 saturated heterocycles. The summed E-state index contributed by atoms with van der Waals surface area (Å²) in [4.78, 5) is 2.39. The number of rotatable bonds is 9. The van der Waals surface area contributed by atoms with Gasteiger partial charge in [0, 0.05) is 39.4 Å². The standard InChI is InChI=1S/C55H54FN3/c1-9-50(57)35(3)34(2)40(8)58(47-30-25-42(26-31-47)41-23-28-45(56)29-24-41)55-38(6)36(4)53(37(5)39(55)7)44-27-32-51-49(33-44)54-48(43-17-12-10-13-18-43)21-16-22-52(54)59(51)46-19-14-11-15-20-46/h9-12,14-15,17,19-21,23-33H,1,13,16,18,22,57H2,2-8H3/b40-34-,50-35+. The van der Waals surface area contributed by atoms with Gasteiger partial charge in [0.25, 0.3) is 0 Å². The predicted molar refractivity (Wildman–Crippen MR) is 250 cm³/mol. The van der Waals surface area contributed by atoms with E-state index in [2.05, 4.69) is 162 Å². The Morgan fingerprint density at radius 1 is 0.729 bits per heavy atom. The lowest BCUT2D eigenvalue weighted by molar-refractivity contribution is 0.628. The largest absolute Gasteiger partial charge is 0.399 e. The van der Waals surface area contributed by atoms with Crippen LogP contribution < -0.4 is 10.6 Å². The summed E-state index contributed by atoms with van der Waals surface area (Å²) in [6.45, 7) is 19.4. The number of nitrogens with two attached hydrogens (primary N) is 1. The third-order valence-electron chi connectivity index (χ3n) is 12.9. The molecule has 0 atom stereocenters. The zero-order chi connectivity index (χ0) is 41.5. The Hall–Kier alpha value is -6.39. The molecule has 0 aliphatic heterocycles. The zero-order valence-corrected chi connectivity index (χ0v) is 35.5. The molecule has 1 heterocycles. The van der Waals surface area contributed by atoms with Gasteiger partial charge in [-0.3, -0.25) is 0 Å². The minimum Gasteiger partial charge on any atom is -0.399 e. The zero-order valence-electron chi connectivity index (χ0n) is 35.5. The van der Waals surface area contributed by atoms with Gasteiger partial charge in [-0.05, 0) is 196 Å². The molecule has 296 valence electrons. The van der Waals surface area contributed by atoms with Crippen molar-refractivity contribution in [3.8, 4) is 27.9 Å². The number of benzene rings is 5. The summed E-state index contributed by atoms with van der Waals surface area (Å²) in [6.07, 6.45) is 15.2. The predicted octanol–water partition coefficient (Wildman–Crippen LogP) is 14.8. The smallest absolute Gasteiger partial charge is 0.123 e. The van der Waals surface area contributed by atoms with Gasteiger partial charge in [0.15, 0.2) is 0 Å². The second-order valence-electron chi connectivity index (χ2n) is 16.1. The van der Waals surface area contributed by atoms with Crippen LogP contribution in [0.3, 0.4) is 0 Å². The van der Waals surface area contributed by atoms with Crippen LogP contribution in [0.1, 0.15) is 73.5 Å². The Balaban J connectivity index is 1.32. The molecule has 8 rings (SSSR count). The molecular weight excluding hydrogens is 722 g/mol. The van der Waals surface area contributed by atoms with Crippen LogP contribution in [-0.2, 0) is 6.42 Å². The van der Waals surface area contributed by atoms with Crippen LogP contribution in [0.4, 0.5) is 15.8 Å². The maximum atomic E-state index is 13.8. The van der Waals surface area contributed by atoms with Crippen molar-refractivity contribution in [2.24, 2.45) is 5.73 Å². The fraction of sp³-hybridized carbons (Fsp3) is 0.200. The maximum Gasteiger partial charge on any atom is 0.123 e. The highest BCUT2D eigenvalue weighted by Gasteiger charge is 2.28. The van der Waals surface area contributed by atoms with Gasteiger partial charge in [-0.2, -0.15) is 0 Å². The number of para-hydroxylation sites is 1. The average molecular weight is 776 g/mol. The molecule has 0 unspecified atom stereocenters. The molecule has 0 bridgehead atoms. The fourth-order valence-corrected chi connectivity index (χ4v) is 9.29. The molecule has 3 nitrogen and oxygen atoms in total. The van der Waals surface area contributed by atoms with Crippen molar-refractivity contribution in [2.45, 2.75) is 74.1 Å². The highest BCUT2D eigenvalue weighted by Crippen LogP contribution is 2.47. The van der Waals surface area contributed by atoms with E-state index in [1.54, 1.807) is 6.08 Å². The first-order valence-corrected chi connectivity index (χ1v) is 20.8. The summed E-state index contributed by atoms with van der Waals surface area (Å²) >= 11 is 0. The van der Waals surface area contributed by atoms with E-state index >= 15 is 0 Å². The van der Waals surface area contributed by atoms with Crippen LogP contribution in [0.2, 0.25) is 0 Å². The summed E-state index contributed by atoms with van der Waals surface area (Å²) in [5, 5.41) is 1.31. The van der Waals surface area contributed by atoms with Gasteiger partial charge in [0.2, 0.25) is 0 Å². The van der Waals surface area contributed by atoms with E-state index in [9.17, 15) is 4.39 Å². The Morgan fingerprint density at radius 3 is 2.00 bits per heavy atom. The SMILES string of the molecule is C=C/C(N)=C(C)\C(C)=C(\C)N(c1ccc(-c2ccc(F)cc2)cc1)c1c(C)c(C)c(-c2ccc3c(c2)c2c(n3-c3ccccc3)CCC=C2C2=CC=CCC2)c(C)c1C. The van der Waals surface area contributed by atoms with E-state index < -0.39 is 0 Å². The van der Waals surface area contributed by atoms with E-state index in [0.29, 0.717) is 5.70 Å².